The first kappa shape index (κ1) is 14.4. The third-order valence-corrected chi connectivity index (χ3v) is 3.50. The molecule has 1 rings (SSSR count). The number of anilines is 1. The Hall–Kier alpha value is -0.690. The third kappa shape index (κ3) is 5.45. The summed E-state index contributed by atoms with van der Waals surface area (Å²) in [4.78, 5) is 10.1. The Morgan fingerprint density at radius 2 is 2.18 bits per heavy atom. The molecule has 0 aliphatic heterocycles. The van der Waals surface area contributed by atoms with Crippen molar-refractivity contribution in [2.45, 2.75) is 19.9 Å². The van der Waals surface area contributed by atoms with Gasteiger partial charge < -0.3 is 4.90 Å². The van der Waals surface area contributed by atoms with Gasteiger partial charge in [-0.1, -0.05) is 18.3 Å². The van der Waals surface area contributed by atoms with E-state index in [4.69, 9.17) is 5.84 Å². The molecule has 0 amide bonds. The van der Waals surface area contributed by atoms with Crippen LogP contribution in [-0.4, -0.2) is 48.5 Å². The summed E-state index contributed by atoms with van der Waals surface area (Å²) in [6, 6.07) is 0. The first-order valence-corrected chi connectivity index (χ1v) is 6.75. The molecule has 98 valence electrons. The monoisotopic (exact) mass is 257 g/mol. The van der Waals surface area contributed by atoms with E-state index in [9.17, 15) is 0 Å². The van der Waals surface area contributed by atoms with E-state index in [1.807, 2.05) is 6.20 Å². The van der Waals surface area contributed by atoms with Gasteiger partial charge in [-0.25, -0.2) is 10.8 Å². The second kappa shape index (κ2) is 7.60. The number of thiazole rings is 1. The van der Waals surface area contributed by atoms with Gasteiger partial charge in [0.25, 0.3) is 0 Å². The minimum atomic E-state index is 0.782. The van der Waals surface area contributed by atoms with Crippen LogP contribution in [0.25, 0.3) is 0 Å². The van der Waals surface area contributed by atoms with Gasteiger partial charge in [-0.05, 0) is 40.2 Å². The van der Waals surface area contributed by atoms with Crippen LogP contribution in [0.4, 0.5) is 5.13 Å². The van der Waals surface area contributed by atoms with Crippen molar-refractivity contribution in [1.82, 2.24) is 14.8 Å². The Bertz CT molecular complexity index is 313. The van der Waals surface area contributed by atoms with Crippen molar-refractivity contribution in [2.24, 2.45) is 5.84 Å². The molecule has 5 nitrogen and oxygen atoms in total. The molecular formula is C11H23N5S. The molecule has 1 aromatic heterocycles. The zero-order valence-corrected chi connectivity index (χ0v) is 11.8. The minimum Gasteiger partial charge on any atom is -0.309 e. The number of hydrogen-bond donors (Lipinski definition) is 2. The highest BCUT2D eigenvalue weighted by Gasteiger charge is 2.07. The van der Waals surface area contributed by atoms with E-state index in [1.54, 1.807) is 11.3 Å². The second-order valence-corrected chi connectivity index (χ2v) is 5.42. The predicted molar refractivity (Wildman–Crippen MR) is 74.0 cm³/mol. The molecule has 0 spiro atoms. The van der Waals surface area contributed by atoms with Crippen LogP contribution < -0.4 is 11.3 Å². The molecule has 0 saturated carbocycles. The van der Waals surface area contributed by atoms with E-state index in [0.29, 0.717) is 0 Å². The van der Waals surface area contributed by atoms with Crippen molar-refractivity contribution >= 4 is 16.5 Å². The molecule has 1 heterocycles. The van der Waals surface area contributed by atoms with Crippen LogP contribution in [0, 0.1) is 0 Å². The zero-order chi connectivity index (χ0) is 12.7. The predicted octanol–water partition coefficient (Wildman–Crippen LogP) is 1.20. The molecule has 0 aliphatic carbocycles. The normalized spacial score (nSPS) is 11.4. The molecule has 0 saturated heterocycles. The van der Waals surface area contributed by atoms with Gasteiger partial charge in [0.05, 0.1) is 0 Å². The maximum Gasteiger partial charge on any atom is 0.197 e. The summed E-state index contributed by atoms with van der Waals surface area (Å²) in [5, 5.41) is 0.782. The first-order valence-electron chi connectivity index (χ1n) is 5.94. The maximum absolute atomic E-state index is 5.32. The first-order chi connectivity index (χ1) is 8.15. The van der Waals surface area contributed by atoms with Crippen LogP contribution >= 0.6 is 11.3 Å². The van der Waals surface area contributed by atoms with Crippen LogP contribution in [0.15, 0.2) is 6.20 Å². The molecule has 0 atom stereocenters. The van der Waals surface area contributed by atoms with Crippen molar-refractivity contribution in [3.63, 3.8) is 0 Å². The van der Waals surface area contributed by atoms with Gasteiger partial charge in [0.1, 0.15) is 0 Å². The Balaban J connectivity index is 2.35. The van der Waals surface area contributed by atoms with Crippen molar-refractivity contribution < 1.29 is 0 Å². The summed E-state index contributed by atoms with van der Waals surface area (Å²) < 4.78 is 0. The topological polar surface area (TPSA) is 57.4 Å². The van der Waals surface area contributed by atoms with E-state index >= 15 is 0 Å². The summed E-state index contributed by atoms with van der Waals surface area (Å²) in [5.74, 6) is 5.32. The number of aromatic nitrogens is 1. The highest BCUT2D eigenvalue weighted by Crippen LogP contribution is 2.18. The van der Waals surface area contributed by atoms with Crippen LogP contribution in [0.2, 0.25) is 0 Å². The number of nitrogens with two attached hydrogens (primary N) is 1. The molecule has 0 radical (unpaired) electrons. The number of nitrogen functional groups attached to an aromatic ring is 1. The van der Waals surface area contributed by atoms with Crippen molar-refractivity contribution in [3.8, 4) is 0 Å². The van der Waals surface area contributed by atoms with Crippen LogP contribution in [0.1, 0.15) is 18.2 Å². The standard InChI is InChI=1S/C11H23N5S/c1-4-16(7-5-6-15(2)3)9-10-8-13-11(14-12)17-10/h8H,4-7,9,12H2,1-3H3,(H,13,14). The van der Waals surface area contributed by atoms with E-state index in [0.717, 1.165) is 31.3 Å². The number of hydrazine groups is 1. The van der Waals surface area contributed by atoms with Crippen molar-refractivity contribution in [1.29, 1.82) is 0 Å². The lowest BCUT2D eigenvalue weighted by atomic mass is 10.3. The second-order valence-electron chi connectivity index (χ2n) is 4.30. The quantitative estimate of drug-likeness (QED) is 0.541. The molecule has 0 bridgehead atoms. The van der Waals surface area contributed by atoms with E-state index < -0.39 is 0 Å². The van der Waals surface area contributed by atoms with Gasteiger partial charge >= 0.3 is 0 Å². The fourth-order valence-electron chi connectivity index (χ4n) is 1.63. The maximum atomic E-state index is 5.32. The Kier molecular flexibility index (Phi) is 6.43. The Morgan fingerprint density at radius 1 is 1.41 bits per heavy atom. The van der Waals surface area contributed by atoms with Gasteiger partial charge in [0.15, 0.2) is 5.13 Å². The number of nitrogens with one attached hydrogen (secondary N) is 1. The van der Waals surface area contributed by atoms with E-state index in [2.05, 4.69) is 41.2 Å². The van der Waals surface area contributed by atoms with Crippen LogP contribution in [-0.2, 0) is 6.54 Å². The number of rotatable bonds is 8. The van der Waals surface area contributed by atoms with Gasteiger partial charge in [0.2, 0.25) is 0 Å². The summed E-state index contributed by atoms with van der Waals surface area (Å²) in [7, 11) is 4.22. The Morgan fingerprint density at radius 3 is 2.71 bits per heavy atom. The molecular weight excluding hydrogens is 234 g/mol. The smallest absolute Gasteiger partial charge is 0.197 e. The van der Waals surface area contributed by atoms with Gasteiger partial charge in [-0.2, -0.15) is 0 Å². The minimum absolute atomic E-state index is 0.782. The molecule has 0 fully saturated rings. The average Bonchev–Trinajstić information content (AvgIpc) is 2.75. The molecule has 6 heteroatoms. The van der Waals surface area contributed by atoms with Crippen LogP contribution in [0.5, 0.6) is 0 Å². The highest BCUT2D eigenvalue weighted by atomic mass is 32.1. The number of nitrogens with zero attached hydrogens (tertiary/aromatic N) is 3. The third-order valence-electron chi connectivity index (χ3n) is 2.58. The fourth-order valence-corrected chi connectivity index (χ4v) is 2.39. The van der Waals surface area contributed by atoms with E-state index in [-0.39, 0.29) is 0 Å². The zero-order valence-electron chi connectivity index (χ0n) is 10.9. The summed E-state index contributed by atoms with van der Waals surface area (Å²) in [6.45, 7) is 6.48. The van der Waals surface area contributed by atoms with Crippen molar-refractivity contribution in [3.05, 3.63) is 11.1 Å². The fraction of sp³-hybridized carbons (Fsp3) is 0.727. The molecule has 3 N–H and O–H groups in total. The summed E-state index contributed by atoms with van der Waals surface area (Å²) in [6.07, 6.45) is 3.09. The van der Waals surface area contributed by atoms with Gasteiger partial charge in [-0.15, -0.1) is 0 Å². The lowest BCUT2D eigenvalue weighted by Gasteiger charge is -2.20. The molecule has 1 aromatic rings. The SMILES string of the molecule is CCN(CCCN(C)C)Cc1cnc(NN)s1. The highest BCUT2D eigenvalue weighted by molar-refractivity contribution is 7.15. The summed E-state index contributed by atoms with van der Waals surface area (Å²) >= 11 is 1.62. The van der Waals surface area contributed by atoms with E-state index in [1.165, 1.54) is 11.3 Å². The van der Waals surface area contributed by atoms with Gasteiger partial charge in [-0.3, -0.25) is 10.3 Å². The molecule has 0 unspecified atom stereocenters. The lowest BCUT2D eigenvalue weighted by molar-refractivity contribution is 0.261. The molecule has 0 aliphatic rings. The Labute approximate surface area is 108 Å². The van der Waals surface area contributed by atoms with Crippen LogP contribution in [0.3, 0.4) is 0 Å². The molecule has 0 aromatic carbocycles. The average molecular weight is 257 g/mol. The lowest BCUT2D eigenvalue weighted by Crippen LogP contribution is -2.26. The molecule has 17 heavy (non-hydrogen) atoms. The largest absolute Gasteiger partial charge is 0.309 e. The number of hydrogen-bond acceptors (Lipinski definition) is 6. The van der Waals surface area contributed by atoms with Gasteiger partial charge in [0, 0.05) is 17.6 Å². The van der Waals surface area contributed by atoms with Crippen molar-refractivity contribution in [2.75, 3.05) is 39.2 Å². The summed E-state index contributed by atoms with van der Waals surface area (Å²) in [5.41, 5.74) is 2.58.